The van der Waals surface area contributed by atoms with Crippen LogP contribution < -0.4 is 19.9 Å². The van der Waals surface area contributed by atoms with Gasteiger partial charge < -0.3 is 19.9 Å². The van der Waals surface area contributed by atoms with Crippen molar-refractivity contribution >= 4 is 0 Å². The third-order valence-electron chi connectivity index (χ3n) is 3.12. The van der Waals surface area contributed by atoms with Crippen LogP contribution in [0.4, 0.5) is 0 Å². The number of hydrogen-bond donors (Lipinski definition) is 1. The minimum absolute atomic E-state index is 0.247. The van der Waals surface area contributed by atoms with Gasteiger partial charge in [-0.3, -0.25) is 4.98 Å². The Morgan fingerprint density at radius 3 is 2.80 bits per heavy atom. The van der Waals surface area contributed by atoms with Crippen molar-refractivity contribution in [2.24, 2.45) is 5.73 Å². The highest BCUT2D eigenvalue weighted by Crippen LogP contribution is 2.38. The molecule has 3 rings (SSSR count). The molecule has 2 heterocycles. The molecule has 0 atom stereocenters. The van der Waals surface area contributed by atoms with Crippen LogP contribution in [0.5, 0.6) is 17.2 Å². The van der Waals surface area contributed by atoms with Crippen molar-refractivity contribution in [2.75, 3.05) is 13.4 Å². The molecular formula is C15H16N2O3. The Labute approximate surface area is 117 Å². The lowest BCUT2D eigenvalue weighted by atomic mass is 10.1. The molecular weight excluding hydrogens is 256 g/mol. The van der Waals surface area contributed by atoms with Crippen molar-refractivity contribution in [3.05, 3.63) is 47.8 Å². The summed E-state index contributed by atoms with van der Waals surface area (Å²) in [5.41, 5.74) is 7.65. The largest absolute Gasteiger partial charge is 0.493 e. The van der Waals surface area contributed by atoms with E-state index < -0.39 is 0 Å². The Kier molecular flexibility index (Phi) is 3.69. The fourth-order valence-corrected chi connectivity index (χ4v) is 2.07. The van der Waals surface area contributed by atoms with Crippen molar-refractivity contribution in [3.8, 4) is 17.2 Å². The van der Waals surface area contributed by atoms with Gasteiger partial charge in [0.1, 0.15) is 5.75 Å². The first-order chi connectivity index (χ1) is 9.86. The van der Waals surface area contributed by atoms with E-state index in [0.29, 0.717) is 18.9 Å². The molecule has 1 aromatic heterocycles. The van der Waals surface area contributed by atoms with Gasteiger partial charge >= 0.3 is 0 Å². The first-order valence-corrected chi connectivity index (χ1v) is 6.52. The number of nitrogens with zero attached hydrogens (tertiary/aromatic N) is 1. The summed E-state index contributed by atoms with van der Waals surface area (Å²) in [6.07, 6.45) is 2.53. The number of ether oxygens (including phenoxy) is 3. The Morgan fingerprint density at radius 1 is 1.20 bits per heavy atom. The Hall–Kier alpha value is -2.27. The number of pyridine rings is 1. The normalized spacial score (nSPS) is 12.4. The molecule has 20 heavy (non-hydrogen) atoms. The van der Waals surface area contributed by atoms with Crippen molar-refractivity contribution < 1.29 is 14.2 Å². The Bertz CT molecular complexity index is 587. The maximum atomic E-state index is 5.80. The third kappa shape index (κ3) is 2.67. The summed E-state index contributed by atoms with van der Waals surface area (Å²) in [6, 6.07) is 9.55. The molecule has 0 amide bonds. The molecule has 0 saturated carbocycles. The van der Waals surface area contributed by atoms with E-state index in [1.807, 2.05) is 30.3 Å². The number of benzene rings is 1. The first kappa shape index (κ1) is 12.7. The van der Waals surface area contributed by atoms with Crippen LogP contribution in [0.25, 0.3) is 0 Å². The van der Waals surface area contributed by atoms with Crippen LogP contribution in [-0.2, 0) is 13.0 Å². The van der Waals surface area contributed by atoms with Crippen LogP contribution in [-0.4, -0.2) is 18.4 Å². The minimum atomic E-state index is 0.247. The summed E-state index contributed by atoms with van der Waals surface area (Å²) in [5.74, 6) is 2.17. The van der Waals surface area contributed by atoms with E-state index in [2.05, 4.69) is 4.98 Å². The molecule has 0 fully saturated rings. The lowest BCUT2D eigenvalue weighted by Crippen LogP contribution is -2.06. The summed E-state index contributed by atoms with van der Waals surface area (Å²) < 4.78 is 16.5. The molecule has 1 aliphatic heterocycles. The zero-order chi connectivity index (χ0) is 13.8. The maximum Gasteiger partial charge on any atom is 0.231 e. The number of rotatable bonds is 5. The zero-order valence-electron chi connectivity index (χ0n) is 11.0. The van der Waals surface area contributed by atoms with Gasteiger partial charge in [0.05, 0.1) is 6.61 Å². The lowest BCUT2D eigenvalue weighted by molar-refractivity contribution is 0.173. The van der Waals surface area contributed by atoms with E-state index in [0.717, 1.165) is 29.2 Å². The van der Waals surface area contributed by atoms with Gasteiger partial charge in [0.15, 0.2) is 11.5 Å². The molecule has 0 unspecified atom stereocenters. The molecule has 5 nitrogen and oxygen atoms in total. The van der Waals surface area contributed by atoms with Crippen LogP contribution >= 0.6 is 0 Å². The van der Waals surface area contributed by atoms with Crippen molar-refractivity contribution in [2.45, 2.75) is 13.0 Å². The number of hydrogen-bond acceptors (Lipinski definition) is 5. The Morgan fingerprint density at radius 2 is 2.05 bits per heavy atom. The van der Waals surface area contributed by atoms with Gasteiger partial charge in [0.25, 0.3) is 0 Å². The third-order valence-corrected chi connectivity index (χ3v) is 3.12. The lowest BCUT2D eigenvalue weighted by Gasteiger charge is -2.11. The average molecular weight is 272 g/mol. The van der Waals surface area contributed by atoms with E-state index in [1.54, 1.807) is 6.20 Å². The molecule has 0 spiro atoms. The van der Waals surface area contributed by atoms with E-state index in [-0.39, 0.29) is 6.79 Å². The van der Waals surface area contributed by atoms with Gasteiger partial charge in [-0.1, -0.05) is 6.07 Å². The quantitative estimate of drug-likeness (QED) is 0.900. The standard InChI is InChI=1S/C15H16N2O3/c16-9-11-7-14-15(20-10-19-14)8-13(11)18-6-4-12-3-1-2-5-17-12/h1-3,5,7-8H,4,6,9-10,16H2. The first-order valence-electron chi connectivity index (χ1n) is 6.52. The molecule has 104 valence electrons. The second-order valence-corrected chi connectivity index (χ2v) is 4.44. The van der Waals surface area contributed by atoms with Gasteiger partial charge in [0, 0.05) is 36.5 Å². The van der Waals surface area contributed by atoms with E-state index in [4.69, 9.17) is 19.9 Å². The number of nitrogens with two attached hydrogens (primary N) is 1. The van der Waals surface area contributed by atoms with Gasteiger partial charge in [-0.05, 0) is 18.2 Å². The van der Waals surface area contributed by atoms with Gasteiger partial charge in [-0.25, -0.2) is 0 Å². The molecule has 1 aromatic carbocycles. The highest BCUT2D eigenvalue weighted by atomic mass is 16.7. The SMILES string of the molecule is NCc1cc2c(cc1OCCc1ccccn1)OCO2. The van der Waals surface area contributed by atoms with Gasteiger partial charge in [-0.2, -0.15) is 0 Å². The molecule has 2 aromatic rings. The summed E-state index contributed by atoms with van der Waals surface area (Å²) in [7, 11) is 0. The highest BCUT2D eigenvalue weighted by molar-refractivity contribution is 5.51. The van der Waals surface area contributed by atoms with E-state index in [9.17, 15) is 0 Å². The second kappa shape index (κ2) is 5.79. The zero-order valence-corrected chi connectivity index (χ0v) is 11.0. The van der Waals surface area contributed by atoms with Crippen molar-refractivity contribution in [1.29, 1.82) is 0 Å². The fourth-order valence-electron chi connectivity index (χ4n) is 2.07. The van der Waals surface area contributed by atoms with Crippen LogP contribution in [0.15, 0.2) is 36.5 Å². The Balaban J connectivity index is 1.68. The molecule has 0 radical (unpaired) electrons. The number of aromatic nitrogens is 1. The molecule has 0 bridgehead atoms. The molecule has 2 N–H and O–H groups in total. The maximum absolute atomic E-state index is 5.80. The highest BCUT2D eigenvalue weighted by Gasteiger charge is 2.17. The van der Waals surface area contributed by atoms with Gasteiger partial charge in [0.2, 0.25) is 6.79 Å². The predicted molar refractivity (Wildman–Crippen MR) is 73.9 cm³/mol. The van der Waals surface area contributed by atoms with Crippen LogP contribution in [0, 0.1) is 0 Å². The number of fused-ring (bicyclic) bond motifs is 1. The van der Waals surface area contributed by atoms with Gasteiger partial charge in [-0.15, -0.1) is 0 Å². The van der Waals surface area contributed by atoms with Crippen molar-refractivity contribution in [1.82, 2.24) is 4.98 Å². The second-order valence-electron chi connectivity index (χ2n) is 4.44. The van der Waals surface area contributed by atoms with Crippen LogP contribution in [0.3, 0.4) is 0 Å². The molecule has 0 saturated heterocycles. The van der Waals surface area contributed by atoms with E-state index >= 15 is 0 Å². The monoisotopic (exact) mass is 272 g/mol. The summed E-state index contributed by atoms with van der Waals surface area (Å²) in [5, 5.41) is 0. The summed E-state index contributed by atoms with van der Waals surface area (Å²) in [4.78, 5) is 4.26. The minimum Gasteiger partial charge on any atom is -0.493 e. The van der Waals surface area contributed by atoms with Crippen LogP contribution in [0.1, 0.15) is 11.3 Å². The van der Waals surface area contributed by atoms with Crippen LogP contribution in [0.2, 0.25) is 0 Å². The summed E-state index contributed by atoms with van der Waals surface area (Å²) >= 11 is 0. The predicted octanol–water partition coefficient (Wildman–Crippen LogP) is 1.89. The topological polar surface area (TPSA) is 66.6 Å². The average Bonchev–Trinajstić information content (AvgIpc) is 2.94. The molecule has 0 aliphatic carbocycles. The van der Waals surface area contributed by atoms with Crippen molar-refractivity contribution in [3.63, 3.8) is 0 Å². The molecule has 1 aliphatic rings. The van der Waals surface area contributed by atoms with E-state index in [1.165, 1.54) is 0 Å². The smallest absolute Gasteiger partial charge is 0.231 e. The summed E-state index contributed by atoms with van der Waals surface area (Å²) in [6.45, 7) is 1.19. The molecule has 5 heteroatoms. The fraction of sp³-hybridized carbons (Fsp3) is 0.267.